The van der Waals surface area contributed by atoms with Crippen LogP contribution in [0.3, 0.4) is 0 Å². The van der Waals surface area contributed by atoms with Gasteiger partial charge in [0, 0.05) is 13.5 Å². The third-order valence-corrected chi connectivity index (χ3v) is 6.45. The third kappa shape index (κ3) is 3.96. The maximum Gasteiger partial charge on any atom is 0.253 e. The molecule has 1 aromatic heterocycles. The van der Waals surface area contributed by atoms with Crippen molar-refractivity contribution in [1.29, 1.82) is 0 Å². The molecule has 6 nitrogen and oxygen atoms in total. The van der Waals surface area contributed by atoms with Gasteiger partial charge in [0.05, 0.1) is 17.5 Å². The normalized spacial score (nSPS) is 16.0. The minimum atomic E-state index is -0.115. The lowest BCUT2D eigenvalue weighted by Crippen LogP contribution is -2.28. The van der Waals surface area contributed by atoms with E-state index in [9.17, 15) is 4.79 Å². The predicted octanol–water partition coefficient (Wildman–Crippen LogP) is 4.44. The first kappa shape index (κ1) is 19.5. The Kier molecular flexibility index (Phi) is 5.26. The summed E-state index contributed by atoms with van der Waals surface area (Å²) >= 11 is 1.37. The number of nitrogens with zero attached hydrogens (tertiary/aromatic N) is 5. The van der Waals surface area contributed by atoms with Gasteiger partial charge in [0.15, 0.2) is 5.16 Å². The molecule has 0 N–H and O–H groups in total. The van der Waals surface area contributed by atoms with Gasteiger partial charge in [-0.2, -0.15) is 5.10 Å². The highest BCUT2D eigenvalue weighted by atomic mass is 32.2. The van der Waals surface area contributed by atoms with Crippen molar-refractivity contribution in [3.63, 3.8) is 0 Å². The lowest BCUT2D eigenvalue weighted by molar-refractivity contribution is -0.130. The topological polar surface area (TPSA) is 63.4 Å². The molecule has 0 spiro atoms. The largest absolute Gasteiger partial charge is 0.312 e. The molecular weight excluding hydrogens is 406 g/mol. The Morgan fingerprint density at radius 1 is 1.03 bits per heavy atom. The fourth-order valence-corrected chi connectivity index (χ4v) is 4.55. The molecule has 5 rings (SSSR count). The molecule has 154 valence electrons. The molecule has 1 unspecified atom stereocenters. The van der Waals surface area contributed by atoms with Gasteiger partial charge in [-0.25, -0.2) is 5.01 Å². The van der Waals surface area contributed by atoms with Crippen molar-refractivity contribution in [2.24, 2.45) is 12.1 Å². The molecule has 2 heterocycles. The summed E-state index contributed by atoms with van der Waals surface area (Å²) in [7, 11) is 1.87. The van der Waals surface area contributed by atoms with Crippen molar-refractivity contribution in [1.82, 2.24) is 19.8 Å². The average molecular weight is 428 g/mol. The van der Waals surface area contributed by atoms with Crippen molar-refractivity contribution in [3.8, 4) is 0 Å². The number of aromatic nitrogens is 3. The lowest BCUT2D eigenvalue weighted by atomic mass is 9.97. The number of fused-ring (bicyclic) bond motifs is 1. The molecular formula is C24H21N5OS. The van der Waals surface area contributed by atoms with Crippen molar-refractivity contribution < 1.29 is 4.79 Å². The number of amides is 1. The van der Waals surface area contributed by atoms with Crippen LogP contribution in [-0.2, 0) is 11.8 Å². The maximum absolute atomic E-state index is 13.2. The van der Waals surface area contributed by atoms with Crippen LogP contribution in [0.25, 0.3) is 10.8 Å². The van der Waals surface area contributed by atoms with Crippen LogP contribution in [-0.4, -0.2) is 37.1 Å². The third-order valence-electron chi connectivity index (χ3n) is 5.43. The highest BCUT2D eigenvalue weighted by Gasteiger charge is 2.33. The first-order valence-electron chi connectivity index (χ1n) is 10.1. The molecule has 7 heteroatoms. The monoisotopic (exact) mass is 427 g/mol. The number of hydrogen-bond acceptors (Lipinski definition) is 5. The van der Waals surface area contributed by atoms with Crippen molar-refractivity contribution in [2.75, 3.05) is 5.75 Å². The van der Waals surface area contributed by atoms with E-state index in [1.54, 1.807) is 15.9 Å². The summed E-state index contributed by atoms with van der Waals surface area (Å²) in [6, 6.07) is 24.6. The van der Waals surface area contributed by atoms with E-state index in [1.165, 1.54) is 22.5 Å². The number of hydrogen-bond donors (Lipinski definition) is 0. The summed E-state index contributed by atoms with van der Waals surface area (Å²) in [6.07, 6.45) is 2.31. The molecule has 1 aliphatic rings. The zero-order chi connectivity index (χ0) is 21.2. The van der Waals surface area contributed by atoms with Crippen molar-refractivity contribution in [3.05, 3.63) is 90.3 Å². The van der Waals surface area contributed by atoms with E-state index < -0.39 is 0 Å². The molecule has 1 aliphatic heterocycles. The van der Waals surface area contributed by atoms with E-state index in [0.717, 1.165) is 16.8 Å². The Morgan fingerprint density at radius 3 is 2.58 bits per heavy atom. The number of carbonyl (C=O) groups is 1. The molecule has 3 aromatic carbocycles. The summed E-state index contributed by atoms with van der Waals surface area (Å²) in [6.45, 7) is 0. The molecule has 0 radical (unpaired) electrons. The van der Waals surface area contributed by atoms with Crippen LogP contribution in [0, 0.1) is 0 Å². The minimum absolute atomic E-state index is 0.0438. The Morgan fingerprint density at radius 2 is 1.81 bits per heavy atom. The highest BCUT2D eigenvalue weighted by molar-refractivity contribution is 7.99. The number of benzene rings is 3. The fourth-order valence-electron chi connectivity index (χ4n) is 3.81. The molecule has 0 fully saturated rings. The van der Waals surface area contributed by atoms with Gasteiger partial charge in [-0.3, -0.25) is 4.79 Å². The first-order chi connectivity index (χ1) is 15.2. The van der Waals surface area contributed by atoms with Crippen LogP contribution in [0.4, 0.5) is 0 Å². The van der Waals surface area contributed by atoms with E-state index in [1.807, 2.05) is 37.4 Å². The minimum Gasteiger partial charge on any atom is -0.312 e. The second-order valence-electron chi connectivity index (χ2n) is 7.49. The highest BCUT2D eigenvalue weighted by Crippen LogP contribution is 2.34. The number of hydrazone groups is 1. The molecule has 0 aliphatic carbocycles. The average Bonchev–Trinajstić information content (AvgIpc) is 3.44. The number of carbonyl (C=O) groups excluding carboxylic acids is 1. The molecule has 1 amide bonds. The van der Waals surface area contributed by atoms with Crippen LogP contribution in [0.5, 0.6) is 0 Å². The van der Waals surface area contributed by atoms with Gasteiger partial charge in [0.1, 0.15) is 6.33 Å². The Balaban J connectivity index is 1.44. The van der Waals surface area contributed by atoms with E-state index >= 15 is 0 Å². The summed E-state index contributed by atoms with van der Waals surface area (Å²) in [5.41, 5.74) is 3.06. The molecule has 1 atom stereocenters. The van der Waals surface area contributed by atoms with Crippen molar-refractivity contribution in [2.45, 2.75) is 17.6 Å². The number of aryl methyl sites for hydroxylation is 1. The number of rotatable bonds is 5. The molecule has 0 bridgehead atoms. The van der Waals surface area contributed by atoms with Gasteiger partial charge < -0.3 is 4.57 Å². The standard InChI is InChI=1S/C24H21N5OS/c1-28-16-25-26-24(28)31-15-23(30)29-22(18-8-3-2-4-9-18)14-21(27-29)20-12-11-17-7-5-6-10-19(17)13-20/h2-13,16,22H,14-15H2,1H3. The Bertz CT molecular complexity index is 1270. The van der Waals surface area contributed by atoms with E-state index in [-0.39, 0.29) is 17.7 Å². The summed E-state index contributed by atoms with van der Waals surface area (Å²) in [5.74, 6) is 0.210. The van der Waals surface area contributed by atoms with Gasteiger partial charge in [-0.05, 0) is 28.0 Å². The van der Waals surface area contributed by atoms with Gasteiger partial charge in [0.2, 0.25) is 0 Å². The summed E-state index contributed by atoms with van der Waals surface area (Å²) < 4.78 is 1.81. The Labute approximate surface area is 184 Å². The first-order valence-corrected chi connectivity index (χ1v) is 11.1. The van der Waals surface area contributed by atoms with Gasteiger partial charge >= 0.3 is 0 Å². The summed E-state index contributed by atoms with van der Waals surface area (Å²) in [4.78, 5) is 13.2. The molecule has 31 heavy (non-hydrogen) atoms. The Hall–Kier alpha value is -3.45. The zero-order valence-electron chi connectivity index (χ0n) is 17.0. The quantitative estimate of drug-likeness (QED) is 0.442. The van der Waals surface area contributed by atoms with Crippen LogP contribution < -0.4 is 0 Å². The van der Waals surface area contributed by atoms with Crippen LogP contribution in [0.2, 0.25) is 0 Å². The van der Waals surface area contributed by atoms with Crippen molar-refractivity contribution >= 4 is 34.2 Å². The van der Waals surface area contributed by atoms with Crippen LogP contribution in [0.1, 0.15) is 23.6 Å². The molecule has 4 aromatic rings. The smallest absolute Gasteiger partial charge is 0.253 e. The van der Waals surface area contributed by atoms with Gasteiger partial charge in [-0.15, -0.1) is 10.2 Å². The second-order valence-corrected chi connectivity index (χ2v) is 8.43. The number of thioether (sulfide) groups is 1. The van der Waals surface area contributed by atoms with Crippen LogP contribution in [0.15, 0.2) is 89.4 Å². The SMILES string of the molecule is Cn1cnnc1SCC(=O)N1N=C(c2ccc3ccccc3c2)CC1c1ccccc1. The lowest BCUT2D eigenvalue weighted by Gasteiger charge is -2.21. The molecule has 0 saturated carbocycles. The van der Waals surface area contributed by atoms with Gasteiger partial charge in [-0.1, -0.05) is 78.5 Å². The van der Waals surface area contributed by atoms with E-state index in [0.29, 0.717) is 11.6 Å². The maximum atomic E-state index is 13.2. The zero-order valence-corrected chi connectivity index (χ0v) is 17.9. The van der Waals surface area contributed by atoms with Gasteiger partial charge in [0.25, 0.3) is 5.91 Å². The molecule has 0 saturated heterocycles. The van der Waals surface area contributed by atoms with Crippen LogP contribution >= 0.6 is 11.8 Å². The second kappa shape index (κ2) is 8.35. The van der Waals surface area contributed by atoms with E-state index in [2.05, 4.69) is 52.7 Å². The summed E-state index contributed by atoms with van der Waals surface area (Å²) in [5, 5.41) is 17.4. The predicted molar refractivity (Wildman–Crippen MR) is 123 cm³/mol. The fraction of sp³-hybridized carbons (Fsp3) is 0.167. The van der Waals surface area contributed by atoms with E-state index in [4.69, 9.17) is 5.10 Å².